The van der Waals surface area contributed by atoms with Crippen LogP contribution in [0.25, 0.3) is 17.1 Å². The summed E-state index contributed by atoms with van der Waals surface area (Å²) in [6, 6.07) is 11.4. The average Bonchev–Trinajstić information content (AvgIpc) is 2.97. The van der Waals surface area contributed by atoms with Crippen molar-refractivity contribution in [3.05, 3.63) is 59.7 Å². The lowest BCUT2D eigenvalue weighted by molar-refractivity contribution is 0.538. The fourth-order valence-electron chi connectivity index (χ4n) is 1.94. The van der Waals surface area contributed by atoms with Crippen LogP contribution in [0.3, 0.4) is 0 Å². The van der Waals surface area contributed by atoms with E-state index in [0.29, 0.717) is 11.1 Å². The summed E-state index contributed by atoms with van der Waals surface area (Å²) >= 11 is 0. The topological polar surface area (TPSA) is 69.6 Å². The average molecular weight is 287 g/mol. The third-order valence-corrected chi connectivity index (χ3v) is 2.96. The molecule has 0 saturated carbocycles. The molecule has 0 fully saturated rings. The minimum Gasteiger partial charge on any atom is -0.326 e. The summed E-state index contributed by atoms with van der Waals surface area (Å²) in [5.41, 5.74) is 6.07. The highest BCUT2D eigenvalue weighted by Crippen LogP contribution is 2.20. The summed E-state index contributed by atoms with van der Waals surface area (Å²) in [6.07, 6.45) is 0. The van der Waals surface area contributed by atoms with Gasteiger partial charge in [0.05, 0.1) is 0 Å². The number of hydrogen-bond donors (Lipinski definition) is 1. The number of halogens is 2. The molecule has 0 unspecified atom stereocenters. The maximum absolute atomic E-state index is 14.0. The van der Waals surface area contributed by atoms with Crippen molar-refractivity contribution in [2.75, 3.05) is 0 Å². The minimum absolute atomic E-state index is 0.0498. The first-order chi connectivity index (χ1) is 10.2. The highest BCUT2D eigenvalue weighted by molar-refractivity contribution is 5.53. The molecule has 2 N–H and O–H groups in total. The van der Waals surface area contributed by atoms with Gasteiger partial charge in [0.15, 0.2) is 17.3 Å². The molecular formula is C14H11F2N5. The summed E-state index contributed by atoms with van der Waals surface area (Å²) in [5.74, 6) is -1.28. The van der Waals surface area contributed by atoms with E-state index in [2.05, 4.69) is 15.4 Å². The lowest BCUT2D eigenvalue weighted by Gasteiger charge is -2.05. The molecule has 0 aliphatic heterocycles. The van der Waals surface area contributed by atoms with Gasteiger partial charge in [-0.05, 0) is 22.9 Å². The highest BCUT2D eigenvalue weighted by Gasteiger charge is 2.16. The van der Waals surface area contributed by atoms with Gasteiger partial charge < -0.3 is 5.73 Å². The largest absolute Gasteiger partial charge is 0.326 e. The van der Waals surface area contributed by atoms with Crippen LogP contribution in [-0.4, -0.2) is 20.2 Å². The van der Waals surface area contributed by atoms with Gasteiger partial charge in [0.1, 0.15) is 0 Å². The van der Waals surface area contributed by atoms with Crippen LogP contribution < -0.4 is 5.73 Å². The maximum Gasteiger partial charge on any atom is 0.205 e. The molecule has 3 rings (SSSR count). The first-order valence-electron chi connectivity index (χ1n) is 6.23. The Morgan fingerprint density at radius 2 is 1.71 bits per heavy atom. The number of rotatable bonds is 3. The van der Waals surface area contributed by atoms with E-state index < -0.39 is 11.6 Å². The van der Waals surface area contributed by atoms with E-state index in [-0.39, 0.29) is 18.1 Å². The molecule has 2 aromatic carbocycles. The first-order valence-corrected chi connectivity index (χ1v) is 6.23. The molecule has 0 aliphatic rings. The molecule has 0 aliphatic carbocycles. The Hall–Kier alpha value is -2.67. The number of hydrogen-bond acceptors (Lipinski definition) is 4. The second-order valence-corrected chi connectivity index (χ2v) is 4.38. The lowest BCUT2D eigenvalue weighted by Crippen LogP contribution is -2.08. The van der Waals surface area contributed by atoms with E-state index in [4.69, 9.17) is 5.73 Å². The standard InChI is InChI=1S/C14H11F2N5/c15-11-6-9(8-17)7-12(16)13(11)21-19-14(18-20-21)10-4-2-1-3-5-10/h1-7H,8,17H2. The number of nitrogens with zero attached hydrogens (tertiary/aromatic N) is 4. The van der Waals surface area contributed by atoms with Gasteiger partial charge in [0, 0.05) is 12.1 Å². The van der Waals surface area contributed by atoms with Gasteiger partial charge in [-0.1, -0.05) is 30.3 Å². The van der Waals surface area contributed by atoms with Crippen LogP contribution in [-0.2, 0) is 6.54 Å². The predicted octanol–water partition coefficient (Wildman–Crippen LogP) is 2.07. The number of nitrogens with two attached hydrogens (primary N) is 1. The van der Waals surface area contributed by atoms with Gasteiger partial charge in [0.2, 0.25) is 5.82 Å². The molecule has 0 bridgehead atoms. The molecule has 3 aromatic rings. The SMILES string of the molecule is NCc1cc(F)c(-n2nnc(-c3ccccc3)n2)c(F)c1. The summed E-state index contributed by atoms with van der Waals surface area (Å²) in [7, 11) is 0. The van der Waals surface area contributed by atoms with Gasteiger partial charge >= 0.3 is 0 Å². The molecule has 5 nitrogen and oxygen atoms in total. The highest BCUT2D eigenvalue weighted by atomic mass is 19.1. The van der Waals surface area contributed by atoms with Crippen LogP contribution in [0.2, 0.25) is 0 Å². The van der Waals surface area contributed by atoms with Crippen LogP contribution in [0.5, 0.6) is 0 Å². The second-order valence-electron chi connectivity index (χ2n) is 4.38. The van der Waals surface area contributed by atoms with Gasteiger partial charge in [-0.15, -0.1) is 15.0 Å². The number of aromatic nitrogens is 4. The Morgan fingerprint density at radius 1 is 1.05 bits per heavy atom. The van der Waals surface area contributed by atoms with E-state index in [9.17, 15) is 8.78 Å². The van der Waals surface area contributed by atoms with Crippen LogP contribution >= 0.6 is 0 Å². The van der Waals surface area contributed by atoms with Gasteiger partial charge in [0.25, 0.3) is 0 Å². The Labute approximate surface area is 119 Å². The zero-order valence-electron chi connectivity index (χ0n) is 10.9. The van der Waals surface area contributed by atoms with Crippen molar-refractivity contribution >= 4 is 0 Å². The van der Waals surface area contributed by atoms with E-state index in [1.54, 1.807) is 12.1 Å². The quantitative estimate of drug-likeness (QED) is 0.800. The zero-order chi connectivity index (χ0) is 14.8. The van der Waals surface area contributed by atoms with E-state index in [0.717, 1.165) is 16.9 Å². The molecule has 21 heavy (non-hydrogen) atoms. The smallest absolute Gasteiger partial charge is 0.205 e. The van der Waals surface area contributed by atoms with Crippen LogP contribution in [0.1, 0.15) is 5.56 Å². The van der Waals surface area contributed by atoms with Gasteiger partial charge in [-0.2, -0.15) is 0 Å². The Kier molecular flexibility index (Phi) is 3.41. The normalized spacial score (nSPS) is 10.8. The van der Waals surface area contributed by atoms with Crippen LogP contribution in [0.15, 0.2) is 42.5 Å². The van der Waals surface area contributed by atoms with E-state index in [1.165, 1.54) is 0 Å². The van der Waals surface area contributed by atoms with E-state index >= 15 is 0 Å². The summed E-state index contributed by atoms with van der Waals surface area (Å²) < 4.78 is 27.9. The fraction of sp³-hybridized carbons (Fsp3) is 0.0714. The third kappa shape index (κ3) is 2.50. The number of benzene rings is 2. The van der Waals surface area contributed by atoms with Crippen LogP contribution in [0, 0.1) is 11.6 Å². The molecule has 7 heteroatoms. The van der Waals surface area contributed by atoms with Gasteiger partial charge in [-0.3, -0.25) is 0 Å². The maximum atomic E-state index is 14.0. The monoisotopic (exact) mass is 287 g/mol. The molecule has 0 amide bonds. The Balaban J connectivity index is 2.05. The van der Waals surface area contributed by atoms with Crippen molar-refractivity contribution in [3.63, 3.8) is 0 Å². The Bertz CT molecular complexity index is 747. The molecule has 106 valence electrons. The van der Waals surface area contributed by atoms with Crippen molar-refractivity contribution < 1.29 is 8.78 Å². The molecule has 1 heterocycles. The number of tetrazole rings is 1. The summed E-state index contributed by atoms with van der Waals surface area (Å²) in [4.78, 5) is 0.841. The first kappa shape index (κ1) is 13.3. The van der Waals surface area contributed by atoms with Crippen molar-refractivity contribution in [1.82, 2.24) is 20.2 Å². The second kappa shape index (κ2) is 5.37. The summed E-state index contributed by atoms with van der Waals surface area (Å²) in [5, 5.41) is 11.5. The van der Waals surface area contributed by atoms with Crippen molar-refractivity contribution in [1.29, 1.82) is 0 Å². The zero-order valence-corrected chi connectivity index (χ0v) is 10.9. The molecule has 0 atom stereocenters. The molecule has 0 saturated heterocycles. The Morgan fingerprint density at radius 3 is 2.33 bits per heavy atom. The summed E-state index contributed by atoms with van der Waals surface area (Å²) in [6.45, 7) is 0.0498. The van der Waals surface area contributed by atoms with Crippen LogP contribution in [0.4, 0.5) is 8.78 Å². The molecule has 0 radical (unpaired) electrons. The molecular weight excluding hydrogens is 276 g/mol. The minimum atomic E-state index is -0.785. The molecule has 1 aromatic heterocycles. The fourth-order valence-corrected chi connectivity index (χ4v) is 1.94. The van der Waals surface area contributed by atoms with Crippen molar-refractivity contribution in [3.8, 4) is 17.1 Å². The van der Waals surface area contributed by atoms with Crippen molar-refractivity contribution in [2.24, 2.45) is 5.73 Å². The lowest BCUT2D eigenvalue weighted by atomic mass is 10.2. The van der Waals surface area contributed by atoms with Crippen molar-refractivity contribution in [2.45, 2.75) is 6.54 Å². The van der Waals surface area contributed by atoms with E-state index in [1.807, 2.05) is 18.2 Å². The predicted molar refractivity (Wildman–Crippen MR) is 72.4 cm³/mol. The molecule has 0 spiro atoms. The van der Waals surface area contributed by atoms with Gasteiger partial charge in [-0.25, -0.2) is 8.78 Å². The third-order valence-electron chi connectivity index (χ3n) is 2.96.